The highest BCUT2D eigenvalue weighted by Crippen LogP contribution is 2.28. The van der Waals surface area contributed by atoms with Gasteiger partial charge in [0.15, 0.2) is 0 Å². The van der Waals surface area contributed by atoms with Crippen LogP contribution < -0.4 is 15.5 Å². The monoisotopic (exact) mass is 317 g/mol. The van der Waals surface area contributed by atoms with Crippen LogP contribution in [-0.4, -0.2) is 44.3 Å². The van der Waals surface area contributed by atoms with Crippen LogP contribution in [0.5, 0.6) is 0 Å². The zero-order valence-corrected chi connectivity index (χ0v) is 13.4. The summed E-state index contributed by atoms with van der Waals surface area (Å²) in [6.07, 6.45) is 1.67. The average molecular weight is 317 g/mol. The van der Waals surface area contributed by atoms with Crippen molar-refractivity contribution in [1.82, 2.24) is 10.6 Å². The molecule has 2 aliphatic heterocycles. The first-order chi connectivity index (χ1) is 11.1. The molecule has 2 amide bonds. The van der Waals surface area contributed by atoms with Gasteiger partial charge in [0, 0.05) is 12.6 Å². The number of cyclic esters (lactones) is 1. The van der Waals surface area contributed by atoms with Crippen molar-refractivity contribution in [3.63, 3.8) is 0 Å². The van der Waals surface area contributed by atoms with E-state index in [1.807, 2.05) is 12.1 Å². The Morgan fingerprint density at radius 2 is 2.00 bits per heavy atom. The largest absolute Gasteiger partial charge is 0.442 e. The summed E-state index contributed by atoms with van der Waals surface area (Å²) in [4.78, 5) is 24.6. The van der Waals surface area contributed by atoms with Crippen LogP contribution in [0.4, 0.5) is 10.5 Å². The number of carbonyl (C=O) groups is 2. The van der Waals surface area contributed by atoms with E-state index >= 15 is 0 Å². The van der Waals surface area contributed by atoms with E-state index in [9.17, 15) is 9.59 Å². The Kier molecular flexibility index (Phi) is 4.81. The van der Waals surface area contributed by atoms with Crippen molar-refractivity contribution < 1.29 is 14.3 Å². The van der Waals surface area contributed by atoms with Crippen molar-refractivity contribution in [2.45, 2.75) is 31.8 Å². The lowest BCUT2D eigenvalue weighted by molar-refractivity contribution is -0.119. The number of carbonyl (C=O) groups excluding carboxylic acids is 2. The summed E-state index contributed by atoms with van der Waals surface area (Å²) in [6.45, 7) is 4.40. The van der Waals surface area contributed by atoms with E-state index in [-0.39, 0.29) is 18.1 Å². The van der Waals surface area contributed by atoms with E-state index in [1.165, 1.54) is 12.5 Å². The Balaban J connectivity index is 1.62. The lowest BCUT2D eigenvalue weighted by Crippen LogP contribution is -2.33. The number of rotatable bonds is 4. The molecule has 0 spiro atoms. The molecule has 2 N–H and O–H groups in total. The molecule has 2 heterocycles. The topological polar surface area (TPSA) is 70.7 Å². The molecule has 0 saturated carbocycles. The van der Waals surface area contributed by atoms with Gasteiger partial charge in [0.2, 0.25) is 5.91 Å². The summed E-state index contributed by atoms with van der Waals surface area (Å²) in [5.74, 6) is 0.481. The minimum atomic E-state index is -0.352. The van der Waals surface area contributed by atoms with Gasteiger partial charge in [-0.1, -0.05) is 12.1 Å². The number of hydrogen-bond donors (Lipinski definition) is 2. The number of piperidine rings is 1. The van der Waals surface area contributed by atoms with Gasteiger partial charge in [0.1, 0.15) is 6.10 Å². The number of benzene rings is 1. The SMILES string of the molecule is CC(=O)NCC1CN(c2ccc(C3CCNCC3)cc2)C(=O)O1. The maximum Gasteiger partial charge on any atom is 0.414 e. The maximum absolute atomic E-state index is 12.0. The van der Waals surface area contributed by atoms with Gasteiger partial charge in [-0.05, 0) is 49.5 Å². The number of anilines is 1. The molecule has 23 heavy (non-hydrogen) atoms. The number of amides is 2. The van der Waals surface area contributed by atoms with Gasteiger partial charge < -0.3 is 15.4 Å². The molecule has 6 nitrogen and oxygen atoms in total. The highest BCUT2D eigenvalue weighted by Gasteiger charge is 2.32. The Morgan fingerprint density at radius 1 is 1.30 bits per heavy atom. The molecule has 2 saturated heterocycles. The van der Waals surface area contributed by atoms with Gasteiger partial charge in [0.25, 0.3) is 0 Å². The van der Waals surface area contributed by atoms with E-state index in [0.29, 0.717) is 19.0 Å². The first-order valence-corrected chi connectivity index (χ1v) is 8.17. The van der Waals surface area contributed by atoms with Gasteiger partial charge in [-0.2, -0.15) is 0 Å². The molecule has 1 atom stereocenters. The molecule has 0 aromatic heterocycles. The summed E-state index contributed by atoms with van der Waals surface area (Å²) in [7, 11) is 0. The molecule has 1 aromatic rings. The van der Waals surface area contributed by atoms with Gasteiger partial charge in [-0.25, -0.2) is 4.79 Å². The lowest BCUT2D eigenvalue weighted by atomic mass is 9.90. The van der Waals surface area contributed by atoms with Crippen LogP contribution in [0.3, 0.4) is 0 Å². The summed E-state index contributed by atoms with van der Waals surface area (Å²) < 4.78 is 5.29. The third kappa shape index (κ3) is 3.82. The minimum Gasteiger partial charge on any atom is -0.442 e. The van der Waals surface area contributed by atoms with E-state index < -0.39 is 0 Å². The molecule has 1 aromatic carbocycles. The zero-order chi connectivity index (χ0) is 16.2. The van der Waals surface area contributed by atoms with Gasteiger partial charge in [-0.3, -0.25) is 9.69 Å². The second-order valence-corrected chi connectivity index (χ2v) is 6.17. The van der Waals surface area contributed by atoms with Crippen LogP contribution in [-0.2, 0) is 9.53 Å². The average Bonchev–Trinajstić information content (AvgIpc) is 2.95. The fourth-order valence-corrected chi connectivity index (χ4v) is 3.18. The van der Waals surface area contributed by atoms with Gasteiger partial charge >= 0.3 is 6.09 Å². The summed E-state index contributed by atoms with van der Waals surface area (Å²) in [5.41, 5.74) is 2.18. The molecule has 0 aliphatic carbocycles. The van der Waals surface area contributed by atoms with Crippen molar-refractivity contribution in [3.05, 3.63) is 29.8 Å². The fourth-order valence-electron chi connectivity index (χ4n) is 3.18. The normalized spacial score (nSPS) is 22.0. The highest BCUT2D eigenvalue weighted by molar-refractivity contribution is 5.89. The van der Waals surface area contributed by atoms with Crippen LogP contribution in [0.1, 0.15) is 31.2 Å². The van der Waals surface area contributed by atoms with E-state index in [4.69, 9.17) is 4.74 Å². The predicted molar refractivity (Wildman–Crippen MR) is 87.6 cm³/mol. The Bertz CT molecular complexity index is 567. The van der Waals surface area contributed by atoms with E-state index in [2.05, 4.69) is 22.8 Å². The van der Waals surface area contributed by atoms with Crippen LogP contribution in [0.2, 0.25) is 0 Å². The number of nitrogens with one attached hydrogen (secondary N) is 2. The molecule has 0 radical (unpaired) electrons. The third-order valence-electron chi connectivity index (χ3n) is 4.47. The van der Waals surface area contributed by atoms with Crippen molar-refractivity contribution in [2.24, 2.45) is 0 Å². The molecule has 2 aliphatic rings. The Morgan fingerprint density at radius 3 is 2.65 bits per heavy atom. The Hall–Kier alpha value is -2.08. The quantitative estimate of drug-likeness (QED) is 0.885. The summed E-state index contributed by atoms with van der Waals surface area (Å²) in [5, 5.41) is 6.06. The zero-order valence-electron chi connectivity index (χ0n) is 13.4. The fraction of sp³-hybridized carbons (Fsp3) is 0.529. The lowest BCUT2D eigenvalue weighted by Gasteiger charge is -2.23. The number of hydrogen-bond acceptors (Lipinski definition) is 4. The van der Waals surface area contributed by atoms with E-state index in [1.54, 1.807) is 4.90 Å². The molecule has 124 valence electrons. The third-order valence-corrected chi connectivity index (χ3v) is 4.47. The Labute approximate surface area is 136 Å². The molecule has 2 fully saturated rings. The van der Waals surface area contributed by atoms with Crippen molar-refractivity contribution in [1.29, 1.82) is 0 Å². The molecular formula is C17H23N3O3. The predicted octanol–water partition coefficient (Wildman–Crippen LogP) is 1.61. The standard InChI is InChI=1S/C17H23N3O3/c1-12(21)19-10-16-11-20(17(22)23-16)15-4-2-13(3-5-15)14-6-8-18-9-7-14/h2-5,14,16,18H,6-11H2,1H3,(H,19,21). The smallest absolute Gasteiger partial charge is 0.414 e. The number of ether oxygens (including phenoxy) is 1. The number of nitrogens with zero attached hydrogens (tertiary/aromatic N) is 1. The second kappa shape index (κ2) is 7.00. The first-order valence-electron chi connectivity index (χ1n) is 8.17. The molecule has 3 rings (SSSR count). The van der Waals surface area contributed by atoms with Gasteiger partial charge in [-0.15, -0.1) is 0 Å². The van der Waals surface area contributed by atoms with Crippen molar-refractivity contribution in [3.8, 4) is 0 Å². The van der Waals surface area contributed by atoms with Crippen LogP contribution in [0.15, 0.2) is 24.3 Å². The van der Waals surface area contributed by atoms with Crippen LogP contribution in [0.25, 0.3) is 0 Å². The van der Waals surface area contributed by atoms with Gasteiger partial charge in [0.05, 0.1) is 13.1 Å². The molecule has 6 heteroatoms. The maximum atomic E-state index is 12.0. The molecular weight excluding hydrogens is 294 g/mol. The summed E-state index contributed by atoms with van der Waals surface area (Å²) >= 11 is 0. The molecule has 1 unspecified atom stereocenters. The second-order valence-electron chi connectivity index (χ2n) is 6.17. The highest BCUT2D eigenvalue weighted by atomic mass is 16.6. The molecule has 0 bridgehead atoms. The van der Waals surface area contributed by atoms with Crippen molar-refractivity contribution >= 4 is 17.7 Å². The summed E-state index contributed by atoms with van der Waals surface area (Å²) in [6, 6.07) is 8.19. The minimum absolute atomic E-state index is 0.120. The van der Waals surface area contributed by atoms with Crippen LogP contribution in [0, 0.1) is 0 Å². The first kappa shape index (κ1) is 15.8. The van der Waals surface area contributed by atoms with Crippen LogP contribution >= 0.6 is 0 Å². The van der Waals surface area contributed by atoms with E-state index in [0.717, 1.165) is 31.6 Å². The van der Waals surface area contributed by atoms with Crippen molar-refractivity contribution in [2.75, 3.05) is 31.1 Å².